The quantitative estimate of drug-likeness (QED) is 0.486. The third kappa shape index (κ3) is 2.79. The van der Waals surface area contributed by atoms with Gasteiger partial charge in [0.15, 0.2) is 0 Å². The summed E-state index contributed by atoms with van der Waals surface area (Å²) in [5.41, 5.74) is 1.17. The van der Waals surface area contributed by atoms with Crippen molar-refractivity contribution in [2.24, 2.45) is 0 Å². The molecule has 1 aliphatic rings. The van der Waals surface area contributed by atoms with Crippen LogP contribution in [0.1, 0.15) is 17.2 Å². The fourth-order valence-corrected chi connectivity index (χ4v) is 3.86. The highest BCUT2D eigenvalue weighted by molar-refractivity contribution is 7.89. The Labute approximate surface area is 132 Å². The fraction of sp³-hybridized carbons (Fsp3) is 0.133. The van der Waals surface area contributed by atoms with Crippen molar-refractivity contribution in [1.82, 2.24) is 4.31 Å². The van der Waals surface area contributed by atoms with Crippen LogP contribution in [0.4, 0.5) is 5.69 Å². The molecule has 0 aromatic heterocycles. The van der Waals surface area contributed by atoms with Gasteiger partial charge in [-0.05, 0) is 29.8 Å². The molecule has 1 aliphatic heterocycles. The van der Waals surface area contributed by atoms with E-state index in [-0.39, 0.29) is 16.6 Å². The Morgan fingerprint density at radius 1 is 1.13 bits per heavy atom. The lowest BCUT2D eigenvalue weighted by atomic mass is 10.1. The average molecular weight is 329 g/mol. The highest BCUT2D eigenvalue weighted by Crippen LogP contribution is 2.40. The maximum absolute atomic E-state index is 12.5. The van der Waals surface area contributed by atoms with E-state index in [1.54, 1.807) is 24.3 Å². The summed E-state index contributed by atoms with van der Waals surface area (Å²) in [5, 5.41) is 19.4. The lowest BCUT2D eigenvalue weighted by molar-refractivity contribution is -0.384. The Morgan fingerprint density at radius 3 is 2.26 bits per heavy atom. The molecule has 3 rings (SSSR count). The Bertz CT molecular complexity index is 899. The third-order valence-corrected chi connectivity index (χ3v) is 5.53. The Kier molecular flexibility index (Phi) is 3.60. The molecule has 2 aromatic rings. The Balaban J connectivity index is 1.81. The van der Waals surface area contributed by atoms with Crippen molar-refractivity contribution in [3.05, 3.63) is 69.8 Å². The van der Waals surface area contributed by atoms with Gasteiger partial charge in [0, 0.05) is 18.7 Å². The molecule has 0 bridgehead atoms. The summed E-state index contributed by atoms with van der Waals surface area (Å²) in [6.45, 7) is 0.352. The number of sulfonamides is 1. The van der Waals surface area contributed by atoms with Crippen molar-refractivity contribution in [1.29, 1.82) is 5.26 Å². The highest BCUT2D eigenvalue weighted by atomic mass is 32.2. The maximum atomic E-state index is 12.5. The molecule has 2 aromatic carbocycles. The van der Waals surface area contributed by atoms with Crippen LogP contribution in [0, 0.1) is 21.4 Å². The number of nitriles is 1. The second-order valence-electron chi connectivity index (χ2n) is 5.08. The average Bonchev–Trinajstić information content (AvgIpc) is 3.36. The zero-order valence-corrected chi connectivity index (χ0v) is 12.6. The van der Waals surface area contributed by atoms with E-state index in [4.69, 9.17) is 5.26 Å². The molecule has 116 valence electrons. The van der Waals surface area contributed by atoms with Crippen LogP contribution in [0.5, 0.6) is 0 Å². The summed E-state index contributed by atoms with van der Waals surface area (Å²) in [6, 6.07) is 13.3. The molecular formula is C15H11N3O4S. The predicted molar refractivity (Wildman–Crippen MR) is 80.9 cm³/mol. The van der Waals surface area contributed by atoms with Gasteiger partial charge in [-0.15, -0.1) is 0 Å². The third-order valence-electron chi connectivity index (χ3n) is 3.65. The van der Waals surface area contributed by atoms with Gasteiger partial charge >= 0.3 is 0 Å². The summed E-state index contributed by atoms with van der Waals surface area (Å²) < 4.78 is 26.3. The van der Waals surface area contributed by atoms with Crippen molar-refractivity contribution >= 4 is 15.7 Å². The second-order valence-corrected chi connectivity index (χ2v) is 6.97. The number of nitrogens with zero attached hydrogens (tertiary/aromatic N) is 3. The minimum Gasteiger partial charge on any atom is -0.258 e. The SMILES string of the molecule is N#Cc1ccc(C2CN2S(=O)(=O)c2ccc([N+](=O)[O-])cc2)cc1. The first-order chi connectivity index (χ1) is 10.9. The first-order valence-corrected chi connectivity index (χ1v) is 8.14. The van der Waals surface area contributed by atoms with Crippen LogP contribution in [-0.2, 0) is 10.0 Å². The molecule has 0 amide bonds. The van der Waals surface area contributed by atoms with E-state index in [2.05, 4.69) is 0 Å². The van der Waals surface area contributed by atoms with Crippen molar-refractivity contribution in [3.63, 3.8) is 0 Å². The van der Waals surface area contributed by atoms with Crippen LogP contribution in [0.3, 0.4) is 0 Å². The first kappa shape index (κ1) is 15.1. The number of nitro benzene ring substituents is 1. The van der Waals surface area contributed by atoms with Crippen LogP contribution in [-0.4, -0.2) is 24.2 Å². The molecule has 0 N–H and O–H groups in total. The molecular weight excluding hydrogens is 318 g/mol. The normalized spacial score (nSPS) is 19.8. The number of hydrogen-bond donors (Lipinski definition) is 0. The number of hydrogen-bond acceptors (Lipinski definition) is 5. The lowest BCUT2D eigenvalue weighted by Gasteiger charge is -2.06. The summed E-state index contributed by atoms with van der Waals surface area (Å²) in [4.78, 5) is 10.1. The molecule has 1 fully saturated rings. The molecule has 0 radical (unpaired) electrons. The molecule has 23 heavy (non-hydrogen) atoms. The highest BCUT2D eigenvalue weighted by Gasteiger charge is 2.45. The minimum absolute atomic E-state index is 0.0271. The standard InChI is InChI=1S/C15H11N3O4S/c16-9-11-1-3-12(4-2-11)15-10-17(15)23(21,22)14-7-5-13(6-8-14)18(19)20/h1-8,15H,10H2. The van der Waals surface area contributed by atoms with Crippen LogP contribution in [0.25, 0.3) is 0 Å². The maximum Gasteiger partial charge on any atom is 0.269 e. The van der Waals surface area contributed by atoms with Gasteiger partial charge in [-0.1, -0.05) is 12.1 Å². The molecule has 0 spiro atoms. The second kappa shape index (κ2) is 5.46. The van der Waals surface area contributed by atoms with Crippen LogP contribution in [0.2, 0.25) is 0 Å². The molecule has 0 aliphatic carbocycles. The van der Waals surface area contributed by atoms with Gasteiger partial charge in [0.05, 0.1) is 27.5 Å². The van der Waals surface area contributed by atoms with Gasteiger partial charge in [0.1, 0.15) is 0 Å². The number of benzene rings is 2. The van der Waals surface area contributed by atoms with Crippen LogP contribution in [0.15, 0.2) is 53.4 Å². The van der Waals surface area contributed by atoms with Crippen molar-refractivity contribution in [3.8, 4) is 6.07 Å². The summed E-state index contributed by atoms with van der Waals surface area (Å²) in [6.07, 6.45) is 0. The van der Waals surface area contributed by atoms with E-state index in [9.17, 15) is 18.5 Å². The molecule has 1 heterocycles. The Morgan fingerprint density at radius 2 is 1.74 bits per heavy atom. The van der Waals surface area contributed by atoms with Crippen LogP contribution >= 0.6 is 0 Å². The molecule has 0 saturated carbocycles. The molecule has 1 saturated heterocycles. The van der Waals surface area contributed by atoms with E-state index in [0.717, 1.165) is 5.56 Å². The predicted octanol–water partition coefficient (Wildman–Crippen LogP) is 2.21. The van der Waals surface area contributed by atoms with Gasteiger partial charge in [-0.25, -0.2) is 8.42 Å². The van der Waals surface area contributed by atoms with E-state index in [1.165, 1.54) is 28.6 Å². The van der Waals surface area contributed by atoms with Crippen molar-refractivity contribution in [2.75, 3.05) is 6.54 Å². The zero-order valence-electron chi connectivity index (χ0n) is 11.8. The molecule has 8 heteroatoms. The summed E-state index contributed by atoms with van der Waals surface area (Å²) in [7, 11) is -3.68. The minimum atomic E-state index is -3.68. The van der Waals surface area contributed by atoms with Gasteiger partial charge in [0.2, 0.25) is 10.0 Å². The van der Waals surface area contributed by atoms with Crippen LogP contribution < -0.4 is 0 Å². The molecule has 7 nitrogen and oxygen atoms in total. The number of rotatable bonds is 4. The van der Waals surface area contributed by atoms with Crippen molar-refractivity contribution < 1.29 is 13.3 Å². The number of nitro groups is 1. The van der Waals surface area contributed by atoms with Gasteiger partial charge in [-0.2, -0.15) is 9.57 Å². The Hall–Kier alpha value is -2.76. The lowest BCUT2D eigenvalue weighted by Crippen LogP contribution is -2.12. The summed E-state index contributed by atoms with van der Waals surface area (Å²) >= 11 is 0. The summed E-state index contributed by atoms with van der Waals surface area (Å²) in [5.74, 6) is 0. The van der Waals surface area contributed by atoms with E-state index >= 15 is 0 Å². The largest absolute Gasteiger partial charge is 0.269 e. The molecule has 2 atom stereocenters. The monoisotopic (exact) mass is 329 g/mol. The van der Waals surface area contributed by atoms with E-state index < -0.39 is 14.9 Å². The van der Waals surface area contributed by atoms with Gasteiger partial charge in [0.25, 0.3) is 5.69 Å². The first-order valence-electron chi connectivity index (χ1n) is 6.70. The van der Waals surface area contributed by atoms with E-state index in [1.807, 2.05) is 6.07 Å². The molecule has 2 unspecified atom stereocenters. The fourth-order valence-electron chi connectivity index (χ4n) is 2.32. The zero-order chi connectivity index (χ0) is 16.6. The number of non-ortho nitro benzene ring substituents is 1. The van der Waals surface area contributed by atoms with E-state index in [0.29, 0.717) is 12.1 Å². The van der Waals surface area contributed by atoms with Gasteiger partial charge in [-0.3, -0.25) is 10.1 Å². The smallest absolute Gasteiger partial charge is 0.258 e. The topological polar surface area (TPSA) is 104 Å². The van der Waals surface area contributed by atoms with Gasteiger partial charge < -0.3 is 0 Å². The van der Waals surface area contributed by atoms with Crippen molar-refractivity contribution in [2.45, 2.75) is 10.9 Å².